The molecule has 1 fully saturated rings. The summed E-state index contributed by atoms with van der Waals surface area (Å²) < 4.78 is 0. The van der Waals surface area contributed by atoms with Gasteiger partial charge in [-0.3, -0.25) is 4.79 Å². The highest BCUT2D eigenvalue weighted by Crippen LogP contribution is 2.23. The topological polar surface area (TPSA) is 41.1 Å². The average molecular weight is 170 g/mol. The van der Waals surface area contributed by atoms with Crippen LogP contribution in [0.3, 0.4) is 0 Å². The van der Waals surface area contributed by atoms with Gasteiger partial charge in [0.15, 0.2) is 0 Å². The van der Waals surface area contributed by atoms with Crippen LogP contribution in [0.2, 0.25) is 0 Å². The molecule has 2 N–H and O–H groups in total. The first kappa shape index (κ1) is 9.52. The largest absolute Gasteiger partial charge is 0.359 e. The van der Waals surface area contributed by atoms with E-state index < -0.39 is 0 Å². The first-order valence-corrected chi connectivity index (χ1v) is 4.66. The molecular formula is C9H18N2O. The molecule has 0 spiro atoms. The Hall–Kier alpha value is -0.570. The molecule has 0 aliphatic heterocycles. The highest BCUT2D eigenvalue weighted by molar-refractivity contribution is 5.78. The van der Waals surface area contributed by atoms with Crippen molar-refractivity contribution in [1.82, 2.24) is 10.6 Å². The maximum atomic E-state index is 11.3. The Labute approximate surface area is 73.9 Å². The number of rotatable bonds is 2. The van der Waals surface area contributed by atoms with Gasteiger partial charge in [0.05, 0.1) is 0 Å². The molecule has 1 amide bonds. The number of hydrogen-bond acceptors (Lipinski definition) is 2. The van der Waals surface area contributed by atoms with Crippen molar-refractivity contribution in [2.45, 2.75) is 31.7 Å². The first-order valence-electron chi connectivity index (χ1n) is 4.66. The lowest BCUT2D eigenvalue weighted by molar-refractivity contribution is -0.125. The summed E-state index contributed by atoms with van der Waals surface area (Å²) in [7, 11) is 3.68. The Bertz CT molecular complexity index is 159. The molecule has 12 heavy (non-hydrogen) atoms. The van der Waals surface area contributed by atoms with Crippen molar-refractivity contribution in [2.24, 2.45) is 5.92 Å². The Morgan fingerprint density at radius 1 is 1.33 bits per heavy atom. The van der Waals surface area contributed by atoms with Crippen LogP contribution < -0.4 is 10.6 Å². The summed E-state index contributed by atoms with van der Waals surface area (Å²) in [4.78, 5) is 11.3. The Morgan fingerprint density at radius 2 is 2.08 bits per heavy atom. The fourth-order valence-corrected chi connectivity index (χ4v) is 1.89. The van der Waals surface area contributed by atoms with Crippen molar-refractivity contribution in [1.29, 1.82) is 0 Å². The third-order valence-corrected chi connectivity index (χ3v) is 2.70. The zero-order chi connectivity index (χ0) is 8.97. The lowest BCUT2D eigenvalue weighted by atomic mass is 9.85. The SMILES string of the molecule is CNC(=O)C1CCCC(NC)C1. The molecule has 3 heteroatoms. The second kappa shape index (κ2) is 4.45. The molecule has 3 nitrogen and oxygen atoms in total. The van der Waals surface area contributed by atoms with E-state index in [0.29, 0.717) is 6.04 Å². The molecule has 2 atom stereocenters. The minimum absolute atomic E-state index is 0.204. The molecule has 0 bridgehead atoms. The standard InChI is InChI=1S/C9H18N2O/c1-10-8-5-3-4-7(6-8)9(12)11-2/h7-8,10H,3-6H2,1-2H3,(H,11,12). The minimum Gasteiger partial charge on any atom is -0.359 e. The molecule has 1 saturated carbocycles. The Morgan fingerprint density at radius 3 is 2.67 bits per heavy atom. The van der Waals surface area contributed by atoms with E-state index in [1.165, 1.54) is 12.8 Å². The second-order valence-electron chi connectivity index (χ2n) is 3.46. The van der Waals surface area contributed by atoms with Crippen LogP contribution in [0.4, 0.5) is 0 Å². The van der Waals surface area contributed by atoms with Gasteiger partial charge in [0.1, 0.15) is 0 Å². The summed E-state index contributed by atoms with van der Waals surface area (Å²) in [6, 6.07) is 0.543. The van der Waals surface area contributed by atoms with Crippen LogP contribution >= 0.6 is 0 Å². The zero-order valence-electron chi connectivity index (χ0n) is 7.89. The van der Waals surface area contributed by atoms with Crippen molar-refractivity contribution in [3.8, 4) is 0 Å². The molecule has 1 rings (SSSR count). The van der Waals surface area contributed by atoms with Gasteiger partial charge < -0.3 is 10.6 Å². The highest BCUT2D eigenvalue weighted by Gasteiger charge is 2.25. The summed E-state index contributed by atoms with van der Waals surface area (Å²) in [5, 5.41) is 5.95. The molecule has 0 heterocycles. The second-order valence-corrected chi connectivity index (χ2v) is 3.46. The first-order chi connectivity index (χ1) is 5.77. The van der Waals surface area contributed by atoms with Crippen LogP contribution in [-0.4, -0.2) is 26.0 Å². The third kappa shape index (κ3) is 2.21. The predicted octanol–water partition coefficient (Wildman–Crippen LogP) is 0.511. The van der Waals surface area contributed by atoms with Crippen LogP contribution in [0.1, 0.15) is 25.7 Å². The lowest BCUT2D eigenvalue weighted by Gasteiger charge is -2.27. The number of carbonyl (C=O) groups excluding carboxylic acids is 1. The summed E-state index contributed by atoms with van der Waals surface area (Å²) in [6.07, 6.45) is 4.43. The van der Waals surface area contributed by atoms with Gasteiger partial charge in [0.25, 0.3) is 0 Å². The molecular weight excluding hydrogens is 152 g/mol. The predicted molar refractivity (Wildman–Crippen MR) is 48.9 cm³/mol. The molecule has 0 radical (unpaired) electrons. The van der Waals surface area contributed by atoms with E-state index in [2.05, 4.69) is 10.6 Å². The van der Waals surface area contributed by atoms with Gasteiger partial charge in [-0.05, 0) is 26.3 Å². The van der Waals surface area contributed by atoms with Gasteiger partial charge >= 0.3 is 0 Å². The molecule has 0 aromatic rings. The smallest absolute Gasteiger partial charge is 0.222 e. The molecule has 0 aromatic carbocycles. The third-order valence-electron chi connectivity index (χ3n) is 2.70. The number of nitrogens with one attached hydrogen (secondary N) is 2. The van der Waals surface area contributed by atoms with E-state index in [0.717, 1.165) is 12.8 Å². The van der Waals surface area contributed by atoms with Crippen molar-refractivity contribution < 1.29 is 4.79 Å². The average Bonchev–Trinajstić information content (AvgIpc) is 2.17. The highest BCUT2D eigenvalue weighted by atomic mass is 16.1. The minimum atomic E-state index is 0.204. The van der Waals surface area contributed by atoms with Gasteiger partial charge in [-0.2, -0.15) is 0 Å². The van der Waals surface area contributed by atoms with Crippen LogP contribution in [0, 0.1) is 5.92 Å². The van der Waals surface area contributed by atoms with E-state index in [-0.39, 0.29) is 11.8 Å². The Kier molecular flexibility index (Phi) is 3.53. The van der Waals surface area contributed by atoms with Crippen molar-refractivity contribution in [3.05, 3.63) is 0 Å². The van der Waals surface area contributed by atoms with Crippen LogP contribution in [0.25, 0.3) is 0 Å². The summed E-state index contributed by atoms with van der Waals surface area (Å²) >= 11 is 0. The van der Waals surface area contributed by atoms with Gasteiger partial charge in [-0.25, -0.2) is 0 Å². The lowest BCUT2D eigenvalue weighted by Crippen LogP contribution is -2.37. The van der Waals surface area contributed by atoms with Gasteiger partial charge in [0, 0.05) is 19.0 Å². The molecule has 1 aliphatic rings. The Balaban J connectivity index is 2.40. The number of carbonyl (C=O) groups is 1. The molecule has 0 saturated heterocycles. The van der Waals surface area contributed by atoms with Crippen LogP contribution in [0.5, 0.6) is 0 Å². The van der Waals surface area contributed by atoms with Gasteiger partial charge in [-0.1, -0.05) is 6.42 Å². The van der Waals surface area contributed by atoms with Crippen LogP contribution in [-0.2, 0) is 4.79 Å². The van der Waals surface area contributed by atoms with Crippen molar-refractivity contribution >= 4 is 5.91 Å². The molecule has 2 unspecified atom stereocenters. The number of amides is 1. The fourth-order valence-electron chi connectivity index (χ4n) is 1.89. The maximum Gasteiger partial charge on any atom is 0.222 e. The van der Waals surface area contributed by atoms with Gasteiger partial charge in [-0.15, -0.1) is 0 Å². The summed E-state index contributed by atoms with van der Waals surface area (Å²) in [5.74, 6) is 0.441. The van der Waals surface area contributed by atoms with Gasteiger partial charge in [0.2, 0.25) is 5.91 Å². The normalized spacial score (nSPS) is 29.8. The maximum absolute atomic E-state index is 11.3. The summed E-state index contributed by atoms with van der Waals surface area (Å²) in [6.45, 7) is 0. The van der Waals surface area contributed by atoms with E-state index in [4.69, 9.17) is 0 Å². The van der Waals surface area contributed by atoms with Crippen molar-refractivity contribution in [2.75, 3.05) is 14.1 Å². The van der Waals surface area contributed by atoms with E-state index in [1.54, 1.807) is 7.05 Å². The summed E-state index contributed by atoms with van der Waals surface area (Å²) in [5.41, 5.74) is 0. The van der Waals surface area contributed by atoms with Crippen LogP contribution in [0.15, 0.2) is 0 Å². The molecule has 0 aromatic heterocycles. The van der Waals surface area contributed by atoms with Crippen molar-refractivity contribution in [3.63, 3.8) is 0 Å². The van der Waals surface area contributed by atoms with E-state index in [1.807, 2.05) is 7.05 Å². The zero-order valence-corrected chi connectivity index (χ0v) is 7.89. The quantitative estimate of drug-likeness (QED) is 0.634. The van der Waals surface area contributed by atoms with E-state index in [9.17, 15) is 4.79 Å². The van der Waals surface area contributed by atoms with E-state index >= 15 is 0 Å². The monoisotopic (exact) mass is 170 g/mol. The number of hydrogen-bond donors (Lipinski definition) is 2. The fraction of sp³-hybridized carbons (Fsp3) is 0.889. The molecule has 1 aliphatic carbocycles. The molecule has 70 valence electrons.